The predicted octanol–water partition coefficient (Wildman–Crippen LogP) is 6.51. The maximum absolute atomic E-state index is 12.4. The van der Waals surface area contributed by atoms with Crippen LogP contribution in [0.15, 0.2) is 48.8 Å². The van der Waals surface area contributed by atoms with Crippen molar-refractivity contribution in [3.05, 3.63) is 57.9 Å². The van der Waals surface area contributed by atoms with Crippen molar-refractivity contribution >= 4 is 46.4 Å². The molecule has 2 amide bonds. The van der Waals surface area contributed by atoms with Crippen LogP contribution < -0.4 is 11.5 Å². The number of amides is 2. The Kier molecular flexibility index (Phi) is 10.1. The number of aromatic nitrogens is 2. The maximum atomic E-state index is 12.4. The Morgan fingerprint density at radius 1 is 0.791 bits per heavy atom. The number of carbonyl (C=O) groups excluding carboxylic acids is 2. The number of nitrogen functional groups attached to an aromatic ring is 2. The molecule has 2 aromatic rings. The van der Waals surface area contributed by atoms with Gasteiger partial charge in [0.05, 0.1) is 12.1 Å². The number of ether oxygens (including phenoxy) is 2. The van der Waals surface area contributed by atoms with Gasteiger partial charge in [0.15, 0.2) is 0 Å². The highest BCUT2D eigenvalue weighted by molar-refractivity contribution is 14.1. The highest BCUT2D eigenvalue weighted by Crippen LogP contribution is 2.47. The zero-order chi connectivity index (χ0) is 31.5. The Morgan fingerprint density at radius 3 is 1.77 bits per heavy atom. The van der Waals surface area contributed by atoms with Gasteiger partial charge in [0.1, 0.15) is 22.8 Å². The van der Waals surface area contributed by atoms with Gasteiger partial charge in [0, 0.05) is 34.0 Å². The molecule has 3 fully saturated rings. The summed E-state index contributed by atoms with van der Waals surface area (Å²) < 4.78 is 12.0. The molecule has 10 nitrogen and oxygen atoms in total. The molecule has 2 aromatic heterocycles. The van der Waals surface area contributed by atoms with Gasteiger partial charge in [-0.1, -0.05) is 18.2 Å². The highest BCUT2D eigenvalue weighted by atomic mass is 127. The van der Waals surface area contributed by atoms with E-state index in [1.54, 1.807) is 12.3 Å². The van der Waals surface area contributed by atoms with Crippen molar-refractivity contribution in [1.82, 2.24) is 19.8 Å². The molecule has 0 aliphatic carbocycles. The predicted molar refractivity (Wildman–Crippen MR) is 176 cm³/mol. The maximum Gasteiger partial charge on any atom is 0.411 e. The molecular weight excluding hydrogens is 659 g/mol. The van der Waals surface area contributed by atoms with Gasteiger partial charge in [-0.2, -0.15) is 0 Å². The largest absolute Gasteiger partial charge is 0.444 e. The Bertz CT molecular complexity index is 1250. The van der Waals surface area contributed by atoms with Crippen LogP contribution in [0.4, 0.5) is 21.2 Å². The molecule has 5 atom stereocenters. The van der Waals surface area contributed by atoms with E-state index in [2.05, 4.69) is 44.7 Å². The van der Waals surface area contributed by atoms with Crippen molar-refractivity contribution in [2.24, 2.45) is 0 Å². The fourth-order valence-corrected chi connectivity index (χ4v) is 6.37. The molecule has 234 valence electrons. The van der Waals surface area contributed by atoms with Gasteiger partial charge in [-0.3, -0.25) is 4.90 Å². The molecule has 6 rings (SSSR count). The van der Waals surface area contributed by atoms with E-state index in [0.717, 1.165) is 35.7 Å². The van der Waals surface area contributed by atoms with Gasteiger partial charge >= 0.3 is 12.2 Å². The Hall–Kier alpha value is -3.09. The van der Waals surface area contributed by atoms with Crippen molar-refractivity contribution in [3.63, 3.8) is 0 Å². The Morgan fingerprint density at radius 2 is 1.33 bits per heavy atom. The van der Waals surface area contributed by atoms with E-state index in [0.29, 0.717) is 23.6 Å². The summed E-state index contributed by atoms with van der Waals surface area (Å²) >= 11 is 2.18. The van der Waals surface area contributed by atoms with Crippen LogP contribution in [0.5, 0.6) is 0 Å². The number of fused-ring (bicyclic) bond motifs is 4. The van der Waals surface area contributed by atoms with Crippen LogP contribution in [0.25, 0.3) is 0 Å². The summed E-state index contributed by atoms with van der Waals surface area (Å²) in [5.74, 6) is 1.46. The Labute approximate surface area is 268 Å². The van der Waals surface area contributed by atoms with Crippen LogP contribution in [0.2, 0.25) is 0 Å². The lowest BCUT2D eigenvalue weighted by Crippen LogP contribution is -2.40. The lowest BCUT2D eigenvalue weighted by molar-refractivity contribution is 0.0207. The summed E-state index contributed by atoms with van der Waals surface area (Å²) in [6.45, 7) is 11.4. The first-order valence-corrected chi connectivity index (χ1v) is 16.0. The summed E-state index contributed by atoms with van der Waals surface area (Å²) in [5, 5.41) is 0. The topological polar surface area (TPSA) is 137 Å². The average Bonchev–Trinajstić information content (AvgIpc) is 3.70. The number of halogens is 1. The molecule has 4 aliphatic heterocycles. The minimum absolute atomic E-state index is 0.171. The Balaban J connectivity index is 0.000000165. The van der Waals surface area contributed by atoms with Crippen molar-refractivity contribution < 1.29 is 19.1 Å². The van der Waals surface area contributed by atoms with Crippen LogP contribution >= 0.6 is 22.6 Å². The normalized spacial score (nSPS) is 25.0. The van der Waals surface area contributed by atoms with E-state index in [9.17, 15) is 9.59 Å². The highest BCUT2D eigenvalue weighted by Gasteiger charge is 2.50. The molecule has 4 bridgehead atoms. The van der Waals surface area contributed by atoms with Gasteiger partial charge in [0.25, 0.3) is 0 Å². The molecule has 0 saturated carbocycles. The molecule has 11 heteroatoms. The average molecular weight is 705 g/mol. The van der Waals surface area contributed by atoms with Crippen molar-refractivity contribution in [1.29, 1.82) is 0 Å². The second-order valence-electron chi connectivity index (χ2n) is 13.4. The molecule has 5 unspecified atom stereocenters. The number of hydrogen-bond donors (Lipinski definition) is 2. The SMILES string of the molecule is CC(C)(C)OC(=O)N1C2C=CC1CC2.CC(C)(C)OC(=O)N1C2CCC1C(c1ccc(N)nc1)C2.Nc1ccc(I)cn1. The summed E-state index contributed by atoms with van der Waals surface area (Å²) in [7, 11) is 0. The van der Waals surface area contributed by atoms with Gasteiger partial charge in [0.2, 0.25) is 0 Å². The summed E-state index contributed by atoms with van der Waals surface area (Å²) in [4.78, 5) is 36.0. The van der Waals surface area contributed by atoms with E-state index >= 15 is 0 Å². The van der Waals surface area contributed by atoms with E-state index < -0.39 is 5.60 Å². The number of carbonyl (C=O) groups is 2. The van der Waals surface area contributed by atoms with E-state index in [1.807, 2.05) is 75.7 Å². The number of hydrogen-bond acceptors (Lipinski definition) is 8. The molecule has 0 radical (unpaired) electrons. The molecule has 0 aromatic carbocycles. The summed E-state index contributed by atoms with van der Waals surface area (Å²) in [5.41, 5.74) is 11.3. The number of pyridine rings is 2. The molecule has 4 aliphatic rings. The molecule has 6 heterocycles. The minimum Gasteiger partial charge on any atom is -0.444 e. The van der Waals surface area contributed by atoms with E-state index in [4.69, 9.17) is 20.9 Å². The monoisotopic (exact) mass is 704 g/mol. The molecule has 4 N–H and O–H groups in total. The second-order valence-corrected chi connectivity index (χ2v) is 14.7. The minimum atomic E-state index is -0.447. The van der Waals surface area contributed by atoms with Crippen molar-refractivity contribution in [2.45, 2.75) is 115 Å². The van der Waals surface area contributed by atoms with Crippen molar-refractivity contribution in [3.8, 4) is 0 Å². The fourth-order valence-electron chi connectivity index (χ4n) is 6.05. The number of anilines is 2. The van der Waals surface area contributed by atoms with Crippen LogP contribution in [0.1, 0.15) is 85.1 Å². The van der Waals surface area contributed by atoms with Gasteiger partial charge < -0.3 is 25.8 Å². The van der Waals surface area contributed by atoms with Crippen LogP contribution in [-0.2, 0) is 9.47 Å². The zero-order valence-corrected chi connectivity index (χ0v) is 28.2. The van der Waals surface area contributed by atoms with Crippen molar-refractivity contribution in [2.75, 3.05) is 11.5 Å². The lowest BCUT2D eigenvalue weighted by atomic mass is 9.85. The van der Waals surface area contributed by atoms with Gasteiger partial charge in [-0.15, -0.1) is 0 Å². The lowest BCUT2D eigenvalue weighted by Gasteiger charge is -2.28. The van der Waals surface area contributed by atoms with Crippen LogP contribution in [0.3, 0.4) is 0 Å². The molecule has 0 spiro atoms. The number of rotatable bonds is 1. The first kappa shape index (κ1) is 32.8. The molecule has 43 heavy (non-hydrogen) atoms. The number of nitrogens with two attached hydrogens (primary N) is 2. The summed E-state index contributed by atoms with van der Waals surface area (Å²) in [6.07, 6.45) is 12.7. The third kappa shape index (κ3) is 8.73. The van der Waals surface area contributed by atoms with Gasteiger partial charge in [-0.05, 0) is 120 Å². The summed E-state index contributed by atoms with van der Waals surface area (Å²) in [6, 6.07) is 8.66. The van der Waals surface area contributed by atoms with E-state index in [1.165, 1.54) is 5.56 Å². The zero-order valence-electron chi connectivity index (χ0n) is 26.0. The van der Waals surface area contributed by atoms with Crippen LogP contribution in [0, 0.1) is 3.57 Å². The second kappa shape index (κ2) is 13.3. The van der Waals surface area contributed by atoms with E-state index in [-0.39, 0.29) is 35.9 Å². The van der Waals surface area contributed by atoms with Gasteiger partial charge in [-0.25, -0.2) is 19.6 Å². The third-order valence-electron chi connectivity index (χ3n) is 7.76. The first-order chi connectivity index (χ1) is 20.1. The smallest absolute Gasteiger partial charge is 0.411 e. The first-order valence-electron chi connectivity index (χ1n) is 14.9. The van der Waals surface area contributed by atoms with Crippen LogP contribution in [-0.4, -0.2) is 67.3 Å². The molecular formula is C32H45IN6O4. The third-order valence-corrected chi connectivity index (χ3v) is 8.40. The number of nitrogens with zero attached hydrogens (tertiary/aromatic N) is 4. The quantitative estimate of drug-likeness (QED) is 0.253. The molecule has 3 saturated heterocycles. The fraction of sp³-hybridized carbons (Fsp3) is 0.562. The standard InChI is InChI=1S/C16H23N3O2.C11H17NO2.C5H5IN2/c1-16(2,3)21-15(20)19-11-5-6-13(19)12(8-11)10-4-7-14(17)18-9-10;1-11(2,3)14-10(13)12-8-4-5-9(12)7-6-8;6-4-1-2-5(7)8-3-4/h4,7,9,11-13H,5-6,8H2,1-3H3,(H2,17,18);4-5,8-9H,6-7H2,1-3H3;1-3H,(H2,7,8).